The molecule has 0 aromatic heterocycles. The molecule has 2 aromatic carbocycles. The predicted molar refractivity (Wildman–Crippen MR) is 124 cm³/mol. The van der Waals surface area contributed by atoms with E-state index in [4.69, 9.17) is 0 Å². The maximum Gasteiger partial charge on any atom is 0.251 e. The summed E-state index contributed by atoms with van der Waals surface area (Å²) in [6.07, 6.45) is 3.64. The molecule has 2 amide bonds. The monoisotopic (exact) mass is 430 g/mol. The smallest absolute Gasteiger partial charge is 0.251 e. The topological polar surface area (TPSA) is 65.3 Å². The van der Waals surface area contributed by atoms with E-state index in [1.807, 2.05) is 30.3 Å². The van der Waals surface area contributed by atoms with Gasteiger partial charge in [0.2, 0.25) is 5.91 Å². The van der Waals surface area contributed by atoms with Gasteiger partial charge in [-0.2, -0.15) is 10.2 Å². The lowest BCUT2D eigenvalue weighted by Crippen LogP contribution is -2.45. The Bertz CT molecular complexity index is 1060. The van der Waals surface area contributed by atoms with Crippen LogP contribution in [0.5, 0.6) is 0 Å². The van der Waals surface area contributed by atoms with Gasteiger partial charge in [0.15, 0.2) is 0 Å². The van der Waals surface area contributed by atoms with Gasteiger partial charge in [-0.25, -0.2) is 4.90 Å². The molecule has 166 valence electrons. The highest BCUT2D eigenvalue weighted by atomic mass is 16.2. The van der Waals surface area contributed by atoms with Crippen LogP contribution in [-0.4, -0.2) is 35.3 Å². The fraction of sp³-hybridized carbons (Fsp3) is 0.462. The van der Waals surface area contributed by atoms with Crippen molar-refractivity contribution in [2.75, 3.05) is 11.4 Å². The molecule has 6 heteroatoms. The average molecular weight is 431 g/mol. The number of hydrogen-bond acceptors (Lipinski definition) is 5. The van der Waals surface area contributed by atoms with Crippen LogP contribution in [0, 0.1) is 10.8 Å². The first-order valence-corrected chi connectivity index (χ1v) is 11.4. The molecule has 2 saturated heterocycles. The third-order valence-electron chi connectivity index (χ3n) is 7.12. The van der Waals surface area contributed by atoms with E-state index in [1.165, 1.54) is 11.3 Å². The Hall–Kier alpha value is -2.86. The Morgan fingerprint density at radius 2 is 1.53 bits per heavy atom. The Kier molecular flexibility index (Phi) is 5.01. The van der Waals surface area contributed by atoms with Gasteiger partial charge < -0.3 is 0 Å². The molecule has 3 aliphatic rings. The third-order valence-corrected chi connectivity index (χ3v) is 7.12. The van der Waals surface area contributed by atoms with Crippen molar-refractivity contribution in [3.8, 4) is 0 Å². The summed E-state index contributed by atoms with van der Waals surface area (Å²) in [5.41, 5.74) is 2.57. The number of fused-ring (bicyclic) bond motifs is 2. The molecular formula is C26H30N4O2. The van der Waals surface area contributed by atoms with Gasteiger partial charge in [-0.1, -0.05) is 39.0 Å². The normalized spacial score (nSPS) is 29.9. The number of hydrogen-bond donors (Lipinski definition) is 0. The lowest BCUT2D eigenvalue weighted by Gasteiger charge is -2.40. The summed E-state index contributed by atoms with van der Waals surface area (Å²) in [5.74, 6) is -0.216. The third kappa shape index (κ3) is 3.88. The van der Waals surface area contributed by atoms with Crippen molar-refractivity contribution >= 4 is 28.9 Å². The highest BCUT2D eigenvalue weighted by molar-refractivity contribution is 6.22. The Morgan fingerprint density at radius 1 is 0.875 bits per heavy atom. The van der Waals surface area contributed by atoms with Gasteiger partial charge in [-0.3, -0.25) is 14.5 Å². The summed E-state index contributed by atoms with van der Waals surface area (Å²) in [5, 5.41) is 8.46. The first kappa shape index (κ1) is 21.0. The molecule has 2 bridgehead atoms. The zero-order valence-electron chi connectivity index (χ0n) is 19.0. The van der Waals surface area contributed by atoms with Crippen molar-refractivity contribution in [2.24, 2.45) is 21.1 Å². The van der Waals surface area contributed by atoms with Gasteiger partial charge in [0.05, 0.1) is 29.5 Å². The minimum atomic E-state index is -0.347. The van der Waals surface area contributed by atoms with E-state index < -0.39 is 0 Å². The van der Waals surface area contributed by atoms with Crippen LogP contribution in [-0.2, 0) is 9.59 Å². The van der Waals surface area contributed by atoms with E-state index in [0.29, 0.717) is 17.4 Å². The van der Waals surface area contributed by atoms with E-state index >= 15 is 0 Å². The fourth-order valence-electron chi connectivity index (χ4n) is 6.29. The van der Waals surface area contributed by atoms with Crippen LogP contribution < -0.4 is 4.90 Å². The second-order valence-corrected chi connectivity index (χ2v) is 10.7. The number of rotatable bonds is 4. The second-order valence-electron chi connectivity index (χ2n) is 10.7. The molecule has 0 N–H and O–H groups in total. The number of nitrogens with zero attached hydrogens (tertiary/aromatic N) is 4. The Labute approximate surface area is 189 Å². The number of carbonyl (C=O) groups excluding carboxylic acids is 2. The summed E-state index contributed by atoms with van der Waals surface area (Å²) in [6, 6.07) is 16.7. The molecule has 3 atom stereocenters. The van der Waals surface area contributed by atoms with Gasteiger partial charge in [-0.05, 0) is 66.5 Å². The molecule has 2 heterocycles. The number of likely N-dealkylation sites (tertiary alicyclic amines) is 1. The van der Waals surface area contributed by atoms with Crippen molar-refractivity contribution in [3.63, 3.8) is 0 Å². The molecule has 0 spiro atoms. The first-order chi connectivity index (χ1) is 15.2. The Morgan fingerprint density at radius 3 is 2.22 bits per heavy atom. The first-order valence-electron chi connectivity index (χ1n) is 11.4. The maximum absolute atomic E-state index is 13.4. The van der Waals surface area contributed by atoms with Crippen LogP contribution in [0.2, 0.25) is 0 Å². The van der Waals surface area contributed by atoms with E-state index in [0.717, 1.165) is 25.1 Å². The molecule has 3 fully saturated rings. The summed E-state index contributed by atoms with van der Waals surface area (Å²) < 4.78 is 0. The molecule has 32 heavy (non-hydrogen) atoms. The number of anilines is 1. The second kappa shape index (κ2) is 7.62. The van der Waals surface area contributed by atoms with Gasteiger partial charge in [0.1, 0.15) is 0 Å². The molecule has 0 unspecified atom stereocenters. The van der Waals surface area contributed by atoms with Gasteiger partial charge in [0.25, 0.3) is 5.91 Å². The van der Waals surface area contributed by atoms with Crippen molar-refractivity contribution in [3.05, 3.63) is 54.6 Å². The van der Waals surface area contributed by atoms with Crippen LogP contribution >= 0.6 is 0 Å². The molecular weight excluding hydrogens is 400 g/mol. The molecule has 1 aliphatic carbocycles. The largest absolute Gasteiger partial charge is 0.288 e. The zero-order valence-corrected chi connectivity index (χ0v) is 19.0. The Balaban J connectivity index is 1.32. The summed E-state index contributed by atoms with van der Waals surface area (Å²) in [4.78, 5) is 29.9. The van der Waals surface area contributed by atoms with Crippen LogP contribution in [0.25, 0.3) is 0 Å². The van der Waals surface area contributed by atoms with Crippen molar-refractivity contribution in [1.29, 1.82) is 0 Å². The van der Waals surface area contributed by atoms with Crippen molar-refractivity contribution < 1.29 is 9.59 Å². The van der Waals surface area contributed by atoms with Gasteiger partial charge in [0, 0.05) is 12.6 Å². The quantitative estimate of drug-likeness (QED) is 0.466. The van der Waals surface area contributed by atoms with E-state index in [1.54, 1.807) is 24.3 Å². The molecule has 5 rings (SSSR count). The number of benzene rings is 2. The summed E-state index contributed by atoms with van der Waals surface area (Å²) in [7, 11) is 0. The molecule has 6 nitrogen and oxygen atoms in total. The molecule has 2 aromatic rings. The van der Waals surface area contributed by atoms with E-state index in [9.17, 15) is 9.59 Å². The van der Waals surface area contributed by atoms with E-state index in [2.05, 4.69) is 35.9 Å². The van der Waals surface area contributed by atoms with E-state index in [-0.39, 0.29) is 35.1 Å². The lowest BCUT2D eigenvalue weighted by atomic mass is 9.65. The fourth-order valence-corrected chi connectivity index (χ4v) is 6.29. The molecule has 2 aliphatic heterocycles. The van der Waals surface area contributed by atoms with Crippen molar-refractivity contribution in [1.82, 2.24) is 4.90 Å². The lowest BCUT2D eigenvalue weighted by molar-refractivity contribution is -0.123. The maximum atomic E-state index is 13.4. The van der Waals surface area contributed by atoms with Gasteiger partial charge >= 0.3 is 0 Å². The SMILES string of the molecule is CC1(C)C[C@H]2C[C@@](C)(CN2[C@H]2CC(=O)N(c3ccc(N=Nc4ccccc4)cc3)C2=O)C1. The van der Waals surface area contributed by atoms with Crippen LogP contribution in [0.15, 0.2) is 64.8 Å². The van der Waals surface area contributed by atoms with Crippen molar-refractivity contribution in [2.45, 2.75) is 58.5 Å². The van der Waals surface area contributed by atoms with Gasteiger partial charge in [-0.15, -0.1) is 0 Å². The van der Waals surface area contributed by atoms with Crippen LogP contribution in [0.1, 0.15) is 46.5 Å². The zero-order chi connectivity index (χ0) is 22.5. The summed E-state index contributed by atoms with van der Waals surface area (Å²) in [6.45, 7) is 7.89. The predicted octanol–water partition coefficient (Wildman–Crippen LogP) is 5.63. The van der Waals surface area contributed by atoms with Crippen LogP contribution in [0.3, 0.4) is 0 Å². The molecule has 0 radical (unpaired) electrons. The number of azo groups is 1. The molecule has 1 saturated carbocycles. The number of carbonyl (C=O) groups is 2. The minimum absolute atomic E-state index is 0.0948. The number of amides is 2. The highest BCUT2D eigenvalue weighted by Crippen LogP contribution is 2.53. The summed E-state index contributed by atoms with van der Waals surface area (Å²) >= 11 is 0. The van der Waals surface area contributed by atoms with Crippen LogP contribution in [0.4, 0.5) is 17.1 Å². The highest BCUT2D eigenvalue weighted by Gasteiger charge is 2.54. The standard InChI is InChI=1S/C26H30N4O2/c1-25(2)14-21-15-26(3,16-25)17-29(21)22-13-23(31)30(24(22)32)20-11-9-19(10-12-20)28-27-18-7-5-4-6-8-18/h4-12,21-22H,13-17H2,1-3H3/t21-,22-,26+/m0/s1. The average Bonchev–Trinajstić information content (AvgIpc) is 3.18. The number of imide groups is 1. The minimum Gasteiger partial charge on any atom is -0.288 e.